The molecule has 1 heterocycles. The number of rotatable bonds is 6. The zero-order chi connectivity index (χ0) is 20.1. The Bertz CT molecular complexity index is 1040. The molecular formula is C23H18N2O2S2. The molecular weight excluding hydrogens is 400 g/mol. The SMILES string of the molecule is O=C1/C(=C/c2ccccc2)SC(=S)N1CNc1ccc(Oc2ccccc2)cc1. The van der Waals surface area contributed by atoms with Crippen LogP contribution in [0.4, 0.5) is 5.69 Å². The van der Waals surface area contributed by atoms with Crippen molar-refractivity contribution in [2.24, 2.45) is 0 Å². The van der Waals surface area contributed by atoms with Crippen LogP contribution in [0.25, 0.3) is 6.08 Å². The summed E-state index contributed by atoms with van der Waals surface area (Å²) in [5, 5.41) is 3.24. The number of hydrogen-bond donors (Lipinski definition) is 1. The number of carbonyl (C=O) groups excluding carboxylic acids is 1. The van der Waals surface area contributed by atoms with Gasteiger partial charge in [-0.1, -0.05) is 72.5 Å². The molecule has 0 unspecified atom stereocenters. The summed E-state index contributed by atoms with van der Waals surface area (Å²) in [6, 6.07) is 27.0. The molecule has 0 radical (unpaired) electrons. The van der Waals surface area contributed by atoms with Crippen molar-refractivity contribution < 1.29 is 9.53 Å². The largest absolute Gasteiger partial charge is 0.457 e. The summed E-state index contributed by atoms with van der Waals surface area (Å²) in [5.41, 5.74) is 1.86. The number of benzene rings is 3. The highest BCUT2D eigenvalue weighted by Gasteiger charge is 2.31. The second kappa shape index (κ2) is 8.94. The maximum absolute atomic E-state index is 12.7. The maximum Gasteiger partial charge on any atom is 0.267 e. The van der Waals surface area contributed by atoms with Crippen LogP contribution in [0, 0.1) is 0 Å². The predicted molar refractivity (Wildman–Crippen MR) is 123 cm³/mol. The molecule has 144 valence electrons. The molecule has 3 aromatic rings. The van der Waals surface area contributed by atoms with Gasteiger partial charge < -0.3 is 10.1 Å². The number of para-hydroxylation sites is 1. The number of anilines is 1. The fourth-order valence-electron chi connectivity index (χ4n) is 2.77. The highest BCUT2D eigenvalue weighted by Crippen LogP contribution is 2.32. The van der Waals surface area contributed by atoms with E-state index in [1.54, 1.807) is 4.90 Å². The van der Waals surface area contributed by atoms with Crippen LogP contribution in [0.3, 0.4) is 0 Å². The first-order valence-electron chi connectivity index (χ1n) is 9.06. The highest BCUT2D eigenvalue weighted by molar-refractivity contribution is 8.26. The minimum Gasteiger partial charge on any atom is -0.457 e. The molecule has 6 heteroatoms. The molecule has 1 aliphatic rings. The van der Waals surface area contributed by atoms with Gasteiger partial charge in [0.05, 0.1) is 11.6 Å². The molecule has 3 aromatic carbocycles. The van der Waals surface area contributed by atoms with E-state index in [9.17, 15) is 4.79 Å². The average molecular weight is 419 g/mol. The number of carbonyl (C=O) groups is 1. The molecule has 0 saturated carbocycles. The molecule has 0 aromatic heterocycles. The van der Waals surface area contributed by atoms with Gasteiger partial charge in [-0.15, -0.1) is 0 Å². The number of hydrogen-bond acceptors (Lipinski definition) is 5. The van der Waals surface area contributed by atoms with Gasteiger partial charge in [0.15, 0.2) is 0 Å². The Labute approximate surface area is 179 Å². The summed E-state index contributed by atoms with van der Waals surface area (Å²) in [7, 11) is 0. The minimum atomic E-state index is -0.0830. The van der Waals surface area contributed by atoms with Gasteiger partial charge in [0, 0.05) is 5.69 Å². The van der Waals surface area contributed by atoms with Gasteiger partial charge in [-0.3, -0.25) is 9.69 Å². The van der Waals surface area contributed by atoms with Gasteiger partial charge >= 0.3 is 0 Å². The van der Waals surface area contributed by atoms with E-state index in [1.807, 2.05) is 91.0 Å². The Morgan fingerprint density at radius 3 is 2.21 bits per heavy atom. The van der Waals surface area contributed by atoms with E-state index in [0.29, 0.717) is 15.9 Å². The number of thiocarbonyl (C=S) groups is 1. The Balaban J connectivity index is 1.37. The molecule has 1 saturated heterocycles. The number of thioether (sulfide) groups is 1. The lowest BCUT2D eigenvalue weighted by molar-refractivity contribution is -0.121. The van der Waals surface area contributed by atoms with Crippen molar-refractivity contribution >= 4 is 46.0 Å². The lowest BCUT2D eigenvalue weighted by Gasteiger charge is -2.16. The Morgan fingerprint density at radius 1 is 0.897 bits per heavy atom. The molecule has 0 spiro atoms. The minimum absolute atomic E-state index is 0.0830. The molecule has 0 atom stereocenters. The van der Waals surface area contributed by atoms with Crippen LogP contribution >= 0.6 is 24.0 Å². The van der Waals surface area contributed by atoms with E-state index in [1.165, 1.54) is 11.8 Å². The first-order valence-corrected chi connectivity index (χ1v) is 10.3. The molecule has 0 aliphatic carbocycles. The van der Waals surface area contributed by atoms with Crippen molar-refractivity contribution in [1.82, 2.24) is 4.90 Å². The van der Waals surface area contributed by atoms with Crippen molar-refractivity contribution in [2.45, 2.75) is 0 Å². The van der Waals surface area contributed by atoms with Crippen molar-refractivity contribution in [3.8, 4) is 11.5 Å². The monoisotopic (exact) mass is 418 g/mol. The molecule has 29 heavy (non-hydrogen) atoms. The Kier molecular flexibility index (Phi) is 5.93. The quantitative estimate of drug-likeness (QED) is 0.408. The third-order valence-electron chi connectivity index (χ3n) is 4.25. The van der Waals surface area contributed by atoms with Crippen molar-refractivity contribution in [3.63, 3.8) is 0 Å². The molecule has 1 amide bonds. The Morgan fingerprint density at radius 2 is 1.52 bits per heavy atom. The van der Waals surface area contributed by atoms with Crippen molar-refractivity contribution in [2.75, 3.05) is 12.0 Å². The van der Waals surface area contributed by atoms with Gasteiger partial charge in [0.1, 0.15) is 15.8 Å². The van der Waals surface area contributed by atoms with Crippen LogP contribution in [-0.2, 0) is 4.79 Å². The van der Waals surface area contributed by atoms with E-state index < -0.39 is 0 Å². The zero-order valence-corrected chi connectivity index (χ0v) is 17.1. The third kappa shape index (κ3) is 4.85. The summed E-state index contributed by atoms with van der Waals surface area (Å²) in [5.74, 6) is 1.45. The van der Waals surface area contributed by atoms with Crippen LogP contribution in [0.5, 0.6) is 11.5 Å². The first kappa shape index (κ1) is 19.2. The molecule has 1 aliphatic heterocycles. The molecule has 1 N–H and O–H groups in total. The lowest BCUT2D eigenvalue weighted by atomic mass is 10.2. The number of nitrogens with zero attached hydrogens (tertiary/aromatic N) is 1. The maximum atomic E-state index is 12.7. The highest BCUT2D eigenvalue weighted by atomic mass is 32.2. The number of ether oxygens (including phenoxy) is 1. The second-order valence-electron chi connectivity index (χ2n) is 6.29. The summed E-state index contributed by atoms with van der Waals surface area (Å²) in [6.45, 7) is 0.315. The van der Waals surface area contributed by atoms with Crippen LogP contribution in [0.15, 0.2) is 89.8 Å². The number of amides is 1. The average Bonchev–Trinajstić information content (AvgIpc) is 3.01. The van der Waals surface area contributed by atoms with Crippen LogP contribution < -0.4 is 10.1 Å². The van der Waals surface area contributed by atoms with Gasteiger partial charge in [-0.2, -0.15) is 0 Å². The summed E-state index contributed by atoms with van der Waals surface area (Å²) < 4.78 is 6.34. The van der Waals surface area contributed by atoms with Crippen molar-refractivity contribution in [3.05, 3.63) is 95.4 Å². The van der Waals surface area contributed by atoms with Crippen molar-refractivity contribution in [1.29, 1.82) is 0 Å². The van der Waals surface area contributed by atoms with E-state index in [0.717, 1.165) is 22.7 Å². The zero-order valence-electron chi connectivity index (χ0n) is 15.4. The fraction of sp³-hybridized carbons (Fsp3) is 0.0435. The molecule has 4 nitrogen and oxygen atoms in total. The van der Waals surface area contributed by atoms with E-state index in [-0.39, 0.29) is 5.91 Å². The second-order valence-corrected chi connectivity index (χ2v) is 7.97. The van der Waals surface area contributed by atoms with E-state index in [4.69, 9.17) is 17.0 Å². The Hall–Kier alpha value is -3.09. The summed E-state index contributed by atoms with van der Waals surface area (Å²) in [4.78, 5) is 14.9. The van der Waals surface area contributed by atoms with Gasteiger partial charge in [0.2, 0.25) is 0 Å². The topological polar surface area (TPSA) is 41.6 Å². The van der Waals surface area contributed by atoms with Crippen LogP contribution in [0.1, 0.15) is 5.56 Å². The summed E-state index contributed by atoms with van der Waals surface area (Å²) >= 11 is 6.71. The summed E-state index contributed by atoms with van der Waals surface area (Å²) in [6.07, 6.45) is 1.87. The normalized spacial score (nSPS) is 15.0. The predicted octanol–water partition coefficient (Wildman–Crippen LogP) is 5.75. The lowest BCUT2D eigenvalue weighted by Crippen LogP contribution is -2.33. The van der Waals surface area contributed by atoms with E-state index >= 15 is 0 Å². The smallest absolute Gasteiger partial charge is 0.267 e. The van der Waals surface area contributed by atoms with Crippen LogP contribution in [0.2, 0.25) is 0 Å². The van der Waals surface area contributed by atoms with E-state index in [2.05, 4.69) is 5.32 Å². The first-order chi connectivity index (χ1) is 14.2. The molecule has 0 bridgehead atoms. The van der Waals surface area contributed by atoms with Gasteiger partial charge in [0.25, 0.3) is 5.91 Å². The van der Waals surface area contributed by atoms with Gasteiger partial charge in [-0.25, -0.2) is 0 Å². The molecule has 1 fully saturated rings. The number of nitrogens with one attached hydrogen (secondary N) is 1. The molecule has 4 rings (SSSR count). The van der Waals surface area contributed by atoms with Gasteiger partial charge in [-0.05, 0) is 48.0 Å². The fourth-order valence-corrected chi connectivity index (χ4v) is 4.03. The van der Waals surface area contributed by atoms with Crippen LogP contribution in [-0.4, -0.2) is 21.8 Å². The standard InChI is InChI=1S/C23H18N2O2S2/c26-22-21(15-17-7-3-1-4-8-17)29-23(28)25(22)16-24-18-11-13-20(14-12-18)27-19-9-5-2-6-10-19/h1-15,24H,16H2/b21-15-. The third-order valence-corrected chi connectivity index (χ3v) is 5.62.